The molecule has 5 nitrogen and oxygen atoms in total. The monoisotopic (exact) mass is 384 g/mol. The maximum atomic E-state index is 12.8. The highest BCUT2D eigenvalue weighted by Gasteiger charge is 2.30. The summed E-state index contributed by atoms with van der Waals surface area (Å²) in [6, 6.07) is 8.51. The van der Waals surface area contributed by atoms with Gasteiger partial charge in [0.15, 0.2) is 0 Å². The third-order valence-electron chi connectivity index (χ3n) is 5.32. The lowest BCUT2D eigenvalue weighted by Gasteiger charge is -2.24. The van der Waals surface area contributed by atoms with E-state index < -0.39 is 0 Å². The van der Waals surface area contributed by atoms with Crippen molar-refractivity contribution >= 4 is 33.9 Å². The molecule has 2 heterocycles. The Balaban J connectivity index is 1.53. The van der Waals surface area contributed by atoms with E-state index in [0.717, 1.165) is 36.9 Å². The van der Waals surface area contributed by atoms with Crippen molar-refractivity contribution in [1.82, 2.24) is 0 Å². The van der Waals surface area contributed by atoms with Crippen molar-refractivity contribution < 1.29 is 14.3 Å². The first-order chi connectivity index (χ1) is 13.1. The molecule has 0 radical (unpaired) electrons. The number of aryl methyl sites for hydroxylation is 1. The minimum absolute atomic E-state index is 0.0935. The maximum absolute atomic E-state index is 12.8. The van der Waals surface area contributed by atoms with Crippen molar-refractivity contribution in [1.29, 1.82) is 0 Å². The molecule has 0 bridgehead atoms. The van der Waals surface area contributed by atoms with Crippen LogP contribution in [0.3, 0.4) is 0 Å². The summed E-state index contributed by atoms with van der Waals surface area (Å²) >= 11 is 1.52. The lowest BCUT2D eigenvalue weighted by molar-refractivity contribution is -0.115. The predicted octanol–water partition coefficient (Wildman–Crippen LogP) is 3.80. The molecule has 0 fully saturated rings. The standard InChI is InChI=1S/C21H24N2O3S/c1-3-26-21(25)19-15-8-6-10-17(15)27-20(19)22-18(24)12-23-13(2)11-14-7-4-5-9-16(14)23/h4-5,7,9,13H,3,6,8,10-12H2,1-2H3,(H,22,24)/t13-/m0/s1. The normalized spacial score (nSPS) is 17.6. The van der Waals surface area contributed by atoms with E-state index in [-0.39, 0.29) is 24.5 Å². The zero-order chi connectivity index (χ0) is 19.0. The number of carbonyl (C=O) groups is 2. The Hall–Kier alpha value is -2.34. The molecular formula is C21H24N2O3S. The van der Waals surface area contributed by atoms with E-state index in [9.17, 15) is 9.59 Å². The molecule has 1 amide bonds. The Morgan fingerprint density at radius 1 is 1.30 bits per heavy atom. The molecule has 0 spiro atoms. The predicted molar refractivity (Wildman–Crippen MR) is 108 cm³/mol. The van der Waals surface area contributed by atoms with Crippen molar-refractivity contribution in [3.8, 4) is 0 Å². The van der Waals surface area contributed by atoms with Gasteiger partial charge in [0.2, 0.25) is 5.91 Å². The highest BCUT2D eigenvalue weighted by molar-refractivity contribution is 7.17. The van der Waals surface area contributed by atoms with Gasteiger partial charge < -0.3 is 15.0 Å². The maximum Gasteiger partial charge on any atom is 0.341 e. The number of anilines is 2. The summed E-state index contributed by atoms with van der Waals surface area (Å²) in [7, 11) is 0. The van der Waals surface area contributed by atoms with E-state index in [1.54, 1.807) is 6.92 Å². The first-order valence-electron chi connectivity index (χ1n) is 9.54. The van der Waals surface area contributed by atoms with Crippen LogP contribution in [0.25, 0.3) is 0 Å². The van der Waals surface area contributed by atoms with Crippen LogP contribution >= 0.6 is 11.3 Å². The van der Waals surface area contributed by atoms with E-state index >= 15 is 0 Å². The molecule has 142 valence electrons. The Kier molecular flexibility index (Phi) is 4.91. The molecular weight excluding hydrogens is 360 g/mol. The number of esters is 1. The zero-order valence-electron chi connectivity index (χ0n) is 15.7. The van der Waals surface area contributed by atoms with Crippen molar-refractivity contribution in [2.45, 2.75) is 45.6 Å². The van der Waals surface area contributed by atoms with Crippen LogP contribution in [0.5, 0.6) is 0 Å². The number of hydrogen-bond donors (Lipinski definition) is 1. The van der Waals surface area contributed by atoms with Gasteiger partial charge in [-0.2, -0.15) is 0 Å². The number of fused-ring (bicyclic) bond motifs is 2. The first kappa shape index (κ1) is 18.0. The summed E-state index contributed by atoms with van der Waals surface area (Å²) < 4.78 is 5.24. The van der Waals surface area contributed by atoms with Gasteiger partial charge in [0.1, 0.15) is 5.00 Å². The van der Waals surface area contributed by atoms with Crippen LogP contribution in [-0.4, -0.2) is 31.1 Å². The largest absolute Gasteiger partial charge is 0.462 e. The van der Waals surface area contributed by atoms with Gasteiger partial charge in [-0.15, -0.1) is 11.3 Å². The van der Waals surface area contributed by atoms with Gasteiger partial charge in [-0.3, -0.25) is 4.79 Å². The number of hydrogen-bond acceptors (Lipinski definition) is 5. The fraction of sp³-hybridized carbons (Fsp3) is 0.429. The smallest absolute Gasteiger partial charge is 0.341 e. The summed E-state index contributed by atoms with van der Waals surface area (Å²) in [5.41, 5.74) is 4.03. The molecule has 0 saturated carbocycles. The molecule has 1 aromatic carbocycles. The highest BCUT2D eigenvalue weighted by atomic mass is 32.1. The van der Waals surface area contributed by atoms with Crippen LogP contribution in [0.4, 0.5) is 10.7 Å². The summed E-state index contributed by atoms with van der Waals surface area (Å²) in [6.07, 6.45) is 3.86. The van der Waals surface area contributed by atoms with E-state index in [1.807, 2.05) is 12.1 Å². The van der Waals surface area contributed by atoms with Crippen LogP contribution in [-0.2, 0) is 28.8 Å². The van der Waals surface area contributed by atoms with Crippen molar-refractivity contribution in [3.05, 3.63) is 45.8 Å². The Morgan fingerprint density at radius 3 is 2.93 bits per heavy atom. The third-order valence-corrected chi connectivity index (χ3v) is 6.52. The minimum Gasteiger partial charge on any atom is -0.462 e. The van der Waals surface area contributed by atoms with E-state index in [4.69, 9.17) is 4.74 Å². The fourth-order valence-corrected chi connectivity index (χ4v) is 5.40. The van der Waals surface area contributed by atoms with Crippen LogP contribution < -0.4 is 10.2 Å². The first-order valence-corrected chi connectivity index (χ1v) is 10.4. The van der Waals surface area contributed by atoms with Gasteiger partial charge >= 0.3 is 5.97 Å². The van der Waals surface area contributed by atoms with Crippen LogP contribution in [0, 0.1) is 0 Å². The second-order valence-corrected chi connectivity index (χ2v) is 8.25. The number of ether oxygens (including phenoxy) is 1. The summed E-state index contributed by atoms with van der Waals surface area (Å²) in [6.45, 7) is 4.55. The topological polar surface area (TPSA) is 58.6 Å². The molecule has 6 heteroatoms. The van der Waals surface area contributed by atoms with Crippen molar-refractivity contribution in [2.24, 2.45) is 0 Å². The molecule has 1 aromatic heterocycles. The molecule has 0 unspecified atom stereocenters. The number of rotatable bonds is 5. The average Bonchev–Trinajstić information content (AvgIpc) is 3.29. The van der Waals surface area contributed by atoms with Gasteiger partial charge in [-0.05, 0) is 56.7 Å². The van der Waals surface area contributed by atoms with Gasteiger partial charge in [-0.1, -0.05) is 18.2 Å². The molecule has 0 saturated heterocycles. The molecule has 1 aliphatic carbocycles. The van der Waals surface area contributed by atoms with E-state index in [2.05, 4.69) is 29.3 Å². The second-order valence-electron chi connectivity index (χ2n) is 7.14. The highest BCUT2D eigenvalue weighted by Crippen LogP contribution is 2.39. The Labute approximate surface area is 163 Å². The molecule has 1 aliphatic heterocycles. The molecule has 1 N–H and O–H groups in total. The van der Waals surface area contributed by atoms with E-state index in [1.165, 1.54) is 21.8 Å². The van der Waals surface area contributed by atoms with Crippen LogP contribution in [0.2, 0.25) is 0 Å². The third kappa shape index (κ3) is 3.34. The number of nitrogens with one attached hydrogen (secondary N) is 1. The summed E-state index contributed by atoms with van der Waals surface area (Å²) in [5, 5.41) is 3.64. The minimum atomic E-state index is -0.327. The number of benzene rings is 1. The summed E-state index contributed by atoms with van der Waals surface area (Å²) in [4.78, 5) is 28.6. The summed E-state index contributed by atoms with van der Waals surface area (Å²) in [5.74, 6) is -0.420. The van der Waals surface area contributed by atoms with Crippen molar-refractivity contribution in [3.63, 3.8) is 0 Å². The van der Waals surface area contributed by atoms with Crippen LogP contribution in [0.15, 0.2) is 24.3 Å². The molecule has 2 aromatic rings. The Morgan fingerprint density at radius 2 is 2.11 bits per heavy atom. The van der Waals surface area contributed by atoms with Crippen LogP contribution in [0.1, 0.15) is 46.6 Å². The molecule has 4 rings (SSSR count). The second kappa shape index (κ2) is 7.35. The molecule has 27 heavy (non-hydrogen) atoms. The molecule has 2 aliphatic rings. The van der Waals surface area contributed by atoms with Crippen molar-refractivity contribution in [2.75, 3.05) is 23.4 Å². The van der Waals surface area contributed by atoms with Gasteiger partial charge in [0.25, 0.3) is 0 Å². The van der Waals surface area contributed by atoms with Gasteiger partial charge in [-0.25, -0.2) is 4.79 Å². The fourth-order valence-electron chi connectivity index (χ4n) is 4.10. The number of para-hydroxylation sites is 1. The van der Waals surface area contributed by atoms with Gasteiger partial charge in [0, 0.05) is 16.6 Å². The lowest BCUT2D eigenvalue weighted by Crippen LogP contribution is -2.37. The SMILES string of the molecule is CCOC(=O)c1c(NC(=O)CN2c3ccccc3C[C@@H]2C)sc2c1CCC2. The number of amides is 1. The lowest BCUT2D eigenvalue weighted by atomic mass is 10.1. The number of nitrogens with zero attached hydrogens (tertiary/aromatic N) is 1. The van der Waals surface area contributed by atoms with E-state index in [0.29, 0.717) is 17.2 Å². The average molecular weight is 385 g/mol. The quantitative estimate of drug-likeness (QED) is 0.797. The number of thiophene rings is 1. The Bertz CT molecular complexity index is 890. The van der Waals surface area contributed by atoms with Gasteiger partial charge in [0.05, 0.1) is 18.7 Å². The zero-order valence-corrected chi connectivity index (χ0v) is 16.5. The molecule has 1 atom stereocenters. The number of carbonyl (C=O) groups excluding carboxylic acids is 2.